The van der Waals surface area contributed by atoms with Gasteiger partial charge in [-0.2, -0.15) is 0 Å². The maximum absolute atomic E-state index is 12.1. The number of fused-ring (bicyclic) bond motifs is 1. The third kappa shape index (κ3) is 2.70. The summed E-state index contributed by atoms with van der Waals surface area (Å²) in [5.74, 6) is 0.230. The van der Waals surface area contributed by atoms with Gasteiger partial charge < -0.3 is 9.64 Å². The van der Waals surface area contributed by atoms with Crippen molar-refractivity contribution in [2.24, 2.45) is 0 Å². The van der Waals surface area contributed by atoms with Crippen LogP contribution in [0.2, 0.25) is 0 Å². The second-order valence-corrected chi connectivity index (χ2v) is 7.02. The largest absolute Gasteiger partial charge is 0.489 e. The van der Waals surface area contributed by atoms with Gasteiger partial charge in [0.25, 0.3) is 5.43 Å². The normalized spacial score (nSPS) is 17.3. The highest BCUT2D eigenvalue weighted by molar-refractivity contribution is 5.77. The Bertz CT molecular complexity index is 885. The molecule has 0 aromatic heterocycles. The van der Waals surface area contributed by atoms with Crippen molar-refractivity contribution in [2.75, 3.05) is 18.1 Å². The number of ether oxygens (including phenoxy) is 1. The number of allylic oxidation sites excluding steroid dienone is 1. The summed E-state index contributed by atoms with van der Waals surface area (Å²) in [6.45, 7) is 9.72. The second-order valence-electron chi connectivity index (χ2n) is 7.02. The van der Waals surface area contributed by atoms with E-state index < -0.39 is 10.9 Å². The van der Waals surface area contributed by atoms with Gasteiger partial charge in [-0.25, -0.2) is 0 Å². The minimum absolute atomic E-state index is 0.229. The first kappa shape index (κ1) is 17.5. The van der Waals surface area contributed by atoms with Crippen LogP contribution in [0.4, 0.5) is 5.69 Å². The van der Waals surface area contributed by atoms with Crippen molar-refractivity contribution >= 4 is 11.8 Å². The summed E-state index contributed by atoms with van der Waals surface area (Å²) in [5.41, 5.74) is 2.66. The third-order valence-corrected chi connectivity index (χ3v) is 5.04. The van der Waals surface area contributed by atoms with E-state index in [2.05, 4.69) is 44.7 Å². The van der Waals surface area contributed by atoms with E-state index in [1.165, 1.54) is 5.56 Å². The van der Waals surface area contributed by atoms with Gasteiger partial charge in [0.05, 0.1) is 12.2 Å². The smallest absolute Gasteiger partial charge is 0.268 e. The minimum Gasteiger partial charge on any atom is -0.489 e. The highest BCUT2D eigenvalue weighted by Crippen LogP contribution is 2.48. The van der Waals surface area contributed by atoms with Crippen LogP contribution >= 0.6 is 0 Å². The van der Waals surface area contributed by atoms with Gasteiger partial charge in [0.2, 0.25) is 5.43 Å². The van der Waals surface area contributed by atoms with Crippen LogP contribution in [0.25, 0.3) is 6.08 Å². The summed E-state index contributed by atoms with van der Waals surface area (Å²) in [6.07, 6.45) is 3.71. The van der Waals surface area contributed by atoms with Crippen LogP contribution in [-0.4, -0.2) is 13.2 Å². The topological polar surface area (TPSA) is 46.6 Å². The number of anilines is 1. The van der Waals surface area contributed by atoms with Crippen LogP contribution in [0.5, 0.6) is 5.75 Å². The molecule has 0 saturated heterocycles. The molecule has 0 aliphatic carbocycles. The minimum atomic E-state index is -0.501. The van der Waals surface area contributed by atoms with Gasteiger partial charge in [-0.1, -0.05) is 45.4 Å². The van der Waals surface area contributed by atoms with Crippen LogP contribution < -0.4 is 20.5 Å². The Kier molecular flexibility index (Phi) is 4.55. The number of unbranched alkanes of at least 4 members (excludes halogenated alkanes) is 1. The lowest BCUT2D eigenvalue weighted by Crippen LogP contribution is -2.36. The van der Waals surface area contributed by atoms with Crippen molar-refractivity contribution in [1.29, 1.82) is 0 Å². The summed E-state index contributed by atoms with van der Waals surface area (Å²) in [5, 5.41) is 0. The standard InChI is InChI=1S/C21H25NO3/c1-5-7-12-25-20-14(18(23)19(20)24)13-17-21(3,4)15-10-8-9-11-16(15)22(17)6-2/h8-11,13H,5-7,12H2,1-4H3/b17-13+. The van der Waals surface area contributed by atoms with Crippen molar-refractivity contribution in [3.63, 3.8) is 0 Å². The highest BCUT2D eigenvalue weighted by Gasteiger charge is 2.40. The molecule has 132 valence electrons. The first-order valence-electron chi connectivity index (χ1n) is 8.98. The molecule has 0 spiro atoms. The lowest BCUT2D eigenvalue weighted by atomic mass is 9.83. The Hall–Kier alpha value is -2.36. The van der Waals surface area contributed by atoms with Gasteiger partial charge >= 0.3 is 0 Å². The third-order valence-electron chi connectivity index (χ3n) is 5.04. The molecule has 2 aromatic carbocycles. The van der Waals surface area contributed by atoms with Crippen molar-refractivity contribution in [3.05, 3.63) is 61.5 Å². The summed E-state index contributed by atoms with van der Waals surface area (Å²) < 4.78 is 5.58. The van der Waals surface area contributed by atoms with Gasteiger partial charge in [-0.15, -0.1) is 0 Å². The van der Waals surface area contributed by atoms with Crippen molar-refractivity contribution < 1.29 is 4.74 Å². The fourth-order valence-corrected chi connectivity index (χ4v) is 3.56. The second kappa shape index (κ2) is 6.51. The molecule has 0 unspecified atom stereocenters. The number of rotatable bonds is 6. The zero-order chi connectivity index (χ0) is 18.2. The van der Waals surface area contributed by atoms with E-state index in [1.807, 2.05) is 18.2 Å². The van der Waals surface area contributed by atoms with Gasteiger partial charge in [-0.05, 0) is 31.1 Å². The van der Waals surface area contributed by atoms with Gasteiger partial charge in [-0.3, -0.25) is 9.59 Å². The van der Waals surface area contributed by atoms with Gasteiger partial charge in [0.15, 0.2) is 5.75 Å². The Labute approximate surface area is 148 Å². The molecule has 0 amide bonds. The number of para-hydroxylation sites is 1. The van der Waals surface area contributed by atoms with E-state index in [-0.39, 0.29) is 11.2 Å². The molecule has 0 atom stereocenters. The molecular formula is C21H25NO3. The summed E-state index contributed by atoms with van der Waals surface area (Å²) in [7, 11) is 0. The van der Waals surface area contributed by atoms with Crippen molar-refractivity contribution in [3.8, 4) is 5.75 Å². The number of nitrogens with zero attached hydrogens (tertiary/aromatic N) is 1. The van der Waals surface area contributed by atoms with Crippen LogP contribution in [-0.2, 0) is 5.41 Å². The molecule has 4 nitrogen and oxygen atoms in total. The quantitative estimate of drug-likeness (QED) is 0.596. The molecule has 4 heteroatoms. The zero-order valence-electron chi connectivity index (χ0n) is 15.4. The molecule has 0 fully saturated rings. The number of hydrogen-bond donors (Lipinski definition) is 0. The number of likely N-dealkylation sites (N-methyl/N-ethyl adjacent to an activating group) is 1. The maximum atomic E-state index is 12.1. The predicted molar refractivity (Wildman–Crippen MR) is 102 cm³/mol. The van der Waals surface area contributed by atoms with E-state index in [0.717, 1.165) is 30.8 Å². The van der Waals surface area contributed by atoms with E-state index in [1.54, 1.807) is 0 Å². The summed E-state index contributed by atoms with van der Waals surface area (Å²) in [4.78, 5) is 26.2. The van der Waals surface area contributed by atoms with E-state index in [9.17, 15) is 9.59 Å². The molecule has 0 bridgehead atoms. The van der Waals surface area contributed by atoms with E-state index in [0.29, 0.717) is 12.2 Å². The van der Waals surface area contributed by atoms with Crippen LogP contribution in [0.1, 0.15) is 51.7 Å². The Morgan fingerprint density at radius 3 is 2.52 bits per heavy atom. The first-order chi connectivity index (χ1) is 11.9. The molecular weight excluding hydrogens is 314 g/mol. The first-order valence-corrected chi connectivity index (χ1v) is 8.98. The molecule has 1 aliphatic heterocycles. The molecule has 2 aromatic rings. The summed E-state index contributed by atoms with van der Waals surface area (Å²) >= 11 is 0. The summed E-state index contributed by atoms with van der Waals surface area (Å²) in [6, 6.07) is 8.28. The molecule has 0 saturated carbocycles. The number of benzene rings is 1. The molecule has 1 heterocycles. The lowest BCUT2D eigenvalue weighted by Gasteiger charge is -2.26. The van der Waals surface area contributed by atoms with Crippen LogP contribution in [0, 0.1) is 0 Å². The Morgan fingerprint density at radius 1 is 1.12 bits per heavy atom. The molecule has 0 radical (unpaired) electrons. The molecule has 3 rings (SSSR count). The fourth-order valence-electron chi connectivity index (χ4n) is 3.56. The van der Waals surface area contributed by atoms with Crippen LogP contribution in [0.3, 0.4) is 0 Å². The van der Waals surface area contributed by atoms with Crippen molar-refractivity contribution in [1.82, 2.24) is 0 Å². The van der Waals surface area contributed by atoms with Gasteiger partial charge in [0.1, 0.15) is 0 Å². The monoisotopic (exact) mass is 339 g/mol. The fraction of sp³-hybridized carbons (Fsp3) is 0.429. The Morgan fingerprint density at radius 2 is 1.84 bits per heavy atom. The lowest BCUT2D eigenvalue weighted by molar-refractivity contribution is 0.302. The van der Waals surface area contributed by atoms with Crippen molar-refractivity contribution in [2.45, 2.75) is 46.0 Å². The molecule has 1 aliphatic rings. The maximum Gasteiger partial charge on any atom is 0.268 e. The molecule has 25 heavy (non-hydrogen) atoms. The average molecular weight is 339 g/mol. The van der Waals surface area contributed by atoms with Crippen LogP contribution in [0.15, 0.2) is 39.6 Å². The van der Waals surface area contributed by atoms with E-state index in [4.69, 9.17) is 4.74 Å². The van der Waals surface area contributed by atoms with E-state index >= 15 is 0 Å². The SMILES string of the molecule is CCCCOc1c(/C=C2/N(CC)c3ccccc3C2(C)C)c(=O)c1=O. The number of hydrogen-bond acceptors (Lipinski definition) is 4. The highest BCUT2D eigenvalue weighted by atomic mass is 16.5. The predicted octanol–water partition coefficient (Wildman–Crippen LogP) is 3.62. The molecule has 0 N–H and O–H groups in total. The Balaban J connectivity index is 2.04. The average Bonchev–Trinajstić information content (AvgIpc) is 2.84. The zero-order valence-corrected chi connectivity index (χ0v) is 15.4. The van der Waals surface area contributed by atoms with Gasteiger partial charge in [0, 0.05) is 23.3 Å².